The summed E-state index contributed by atoms with van der Waals surface area (Å²) in [5, 5.41) is 8.74. The maximum Gasteiger partial charge on any atom is 0.303 e. The lowest BCUT2D eigenvalue weighted by Gasteiger charge is -2.31. The monoisotopic (exact) mass is 400 g/mol. The van der Waals surface area contributed by atoms with Crippen LogP contribution in [-0.2, 0) is 4.79 Å². The molecule has 3 rings (SSSR count). The second-order valence-corrected chi connectivity index (χ2v) is 9.83. The van der Waals surface area contributed by atoms with Crippen molar-refractivity contribution < 1.29 is 9.90 Å². The third kappa shape index (κ3) is 6.69. The molecule has 2 fully saturated rings. The normalized spacial score (nSPS) is 26.3. The van der Waals surface area contributed by atoms with Gasteiger partial charge in [0.05, 0.1) is 0 Å². The first kappa shape index (κ1) is 21.5. The molecule has 4 atom stereocenters. The Morgan fingerprint density at radius 1 is 1.00 bits per heavy atom. The van der Waals surface area contributed by atoms with Crippen LogP contribution in [0.15, 0.2) is 36.4 Å². The van der Waals surface area contributed by atoms with E-state index in [4.69, 9.17) is 5.11 Å². The van der Waals surface area contributed by atoms with Crippen molar-refractivity contribution in [2.45, 2.75) is 64.2 Å². The minimum Gasteiger partial charge on any atom is -0.481 e. The van der Waals surface area contributed by atoms with Crippen molar-refractivity contribution >= 4 is 23.8 Å². The Morgan fingerprint density at radius 2 is 1.71 bits per heavy atom. The first-order valence-electron chi connectivity index (χ1n) is 11.2. The molecular weight excluding hydrogens is 364 g/mol. The number of hydrogen-bond donors (Lipinski definition) is 1. The average Bonchev–Trinajstić information content (AvgIpc) is 3.30. The molecule has 2 aliphatic carbocycles. The van der Waals surface area contributed by atoms with Crippen molar-refractivity contribution in [3.63, 3.8) is 0 Å². The Hall–Kier alpha value is -1.22. The molecule has 2 nitrogen and oxygen atoms in total. The van der Waals surface area contributed by atoms with Crippen LogP contribution >= 0.6 is 11.8 Å². The summed E-state index contributed by atoms with van der Waals surface area (Å²) in [5.41, 5.74) is 1.29. The third-order valence-corrected chi connectivity index (χ3v) is 7.82. The molecule has 2 saturated carbocycles. The highest BCUT2D eigenvalue weighted by Gasteiger charge is 2.46. The molecular formula is C25H36O2S. The van der Waals surface area contributed by atoms with Crippen LogP contribution in [0.2, 0.25) is 0 Å². The summed E-state index contributed by atoms with van der Waals surface area (Å²) >= 11 is 2.08. The Balaban J connectivity index is 1.31. The number of carboxylic acid groups (broad SMARTS) is 1. The van der Waals surface area contributed by atoms with E-state index in [0.29, 0.717) is 6.42 Å². The molecule has 154 valence electrons. The molecule has 0 amide bonds. The first-order chi connectivity index (χ1) is 13.7. The van der Waals surface area contributed by atoms with E-state index >= 15 is 0 Å². The Kier molecular flexibility index (Phi) is 8.98. The van der Waals surface area contributed by atoms with Gasteiger partial charge in [-0.1, -0.05) is 61.7 Å². The van der Waals surface area contributed by atoms with E-state index in [1.54, 1.807) is 0 Å². The molecule has 1 N–H and O–H groups in total. The molecule has 0 aliphatic heterocycles. The molecule has 28 heavy (non-hydrogen) atoms. The van der Waals surface area contributed by atoms with Gasteiger partial charge in [-0.05, 0) is 73.5 Å². The Morgan fingerprint density at radius 3 is 2.46 bits per heavy atom. The van der Waals surface area contributed by atoms with E-state index in [0.717, 1.165) is 42.3 Å². The SMILES string of the molecule is O=C(O)CCCCCC[C@H]1[C@H]2CC[C@H](C2)[C@H]1CCSCC=Cc1ccccc1. The van der Waals surface area contributed by atoms with Gasteiger partial charge in [0.2, 0.25) is 0 Å². The van der Waals surface area contributed by atoms with E-state index in [9.17, 15) is 4.79 Å². The minimum absolute atomic E-state index is 0.340. The van der Waals surface area contributed by atoms with Gasteiger partial charge >= 0.3 is 5.97 Å². The highest BCUT2D eigenvalue weighted by Crippen LogP contribution is 2.55. The predicted molar refractivity (Wildman–Crippen MR) is 121 cm³/mol. The van der Waals surface area contributed by atoms with E-state index in [1.807, 2.05) is 0 Å². The van der Waals surface area contributed by atoms with Crippen LogP contribution in [-0.4, -0.2) is 22.6 Å². The highest BCUT2D eigenvalue weighted by molar-refractivity contribution is 7.99. The number of fused-ring (bicyclic) bond motifs is 2. The minimum atomic E-state index is -0.649. The van der Waals surface area contributed by atoms with Crippen LogP contribution < -0.4 is 0 Å². The predicted octanol–water partition coefficient (Wildman–Crippen LogP) is 6.91. The molecule has 0 aromatic heterocycles. The summed E-state index contributed by atoms with van der Waals surface area (Å²) in [6.07, 6.45) is 16.5. The maximum atomic E-state index is 10.6. The standard InChI is InChI=1S/C25H36O2S/c26-25(27)13-7-2-1-6-12-23-21-14-15-22(19-21)24(23)16-18-28-17-8-11-20-9-4-3-5-10-20/h3-5,8-11,21-24H,1-2,6-7,12-19H2,(H,26,27)/t21-,22+,23-,24+/m0/s1. The van der Waals surface area contributed by atoms with E-state index in [2.05, 4.69) is 54.2 Å². The topological polar surface area (TPSA) is 37.3 Å². The number of unbranched alkanes of at least 4 members (excludes halogenated alkanes) is 3. The number of benzene rings is 1. The molecule has 3 heteroatoms. The second kappa shape index (κ2) is 11.7. The summed E-state index contributed by atoms with van der Waals surface area (Å²) in [4.78, 5) is 10.6. The fourth-order valence-electron chi connectivity index (χ4n) is 5.56. The van der Waals surface area contributed by atoms with Crippen LogP contribution in [0.3, 0.4) is 0 Å². The maximum absolute atomic E-state index is 10.6. The van der Waals surface area contributed by atoms with Crippen molar-refractivity contribution in [3.8, 4) is 0 Å². The summed E-state index contributed by atoms with van der Waals surface area (Å²) in [7, 11) is 0. The van der Waals surface area contributed by atoms with Crippen molar-refractivity contribution in [1.82, 2.24) is 0 Å². The van der Waals surface area contributed by atoms with Gasteiger partial charge in [-0.3, -0.25) is 4.79 Å². The van der Waals surface area contributed by atoms with Crippen LogP contribution in [0, 0.1) is 23.7 Å². The zero-order valence-corrected chi connectivity index (χ0v) is 17.9. The lowest BCUT2D eigenvalue weighted by atomic mass is 9.75. The van der Waals surface area contributed by atoms with Gasteiger partial charge in [-0.15, -0.1) is 0 Å². The first-order valence-corrected chi connectivity index (χ1v) is 12.4. The van der Waals surface area contributed by atoms with Crippen LogP contribution in [0.25, 0.3) is 6.08 Å². The molecule has 0 radical (unpaired) electrons. The number of aliphatic carboxylic acids is 1. The third-order valence-electron chi connectivity index (χ3n) is 6.87. The van der Waals surface area contributed by atoms with Gasteiger partial charge in [-0.2, -0.15) is 11.8 Å². The van der Waals surface area contributed by atoms with Gasteiger partial charge in [0.25, 0.3) is 0 Å². The fraction of sp³-hybridized carbons (Fsp3) is 0.640. The molecule has 2 aliphatic rings. The highest BCUT2D eigenvalue weighted by atomic mass is 32.2. The Bertz CT molecular complexity index is 612. The van der Waals surface area contributed by atoms with Crippen LogP contribution in [0.5, 0.6) is 0 Å². The van der Waals surface area contributed by atoms with Crippen LogP contribution in [0.4, 0.5) is 0 Å². The van der Waals surface area contributed by atoms with Gasteiger partial charge in [0.15, 0.2) is 0 Å². The fourth-order valence-corrected chi connectivity index (χ4v) is 6.40. The van der Waals surface area contributed by atoms with E-state index < -0.39 is 5.97 Å². The zero-order valence-electron chi connectivity index (χ0n) is 17.1. The van der Waals surface area contributed by atoms with Crippen molar-refractivity contribution in [2.24, 2.45) is 23.7 Å². The molecule has 2 bridgehead atoms. The largest absolute Gasteiger partial charge is 0.481 e. The molecule has 0 heterocycles. The van der Waals surface area contributed by atoms with Crippen molar-refractivity contribution in [3.05, 3.63) is 42.0 Å². The average molecular weight is 401 g/mol. The van der Waals surface area contributed by atoms with E-state index in [-0.39, 0.29) is 0 Å². The number of thioether (sulfide) groups is 1. The smallest absolute Gasteiger partial charge is 0.303 e. The van der Waals surface area contributed by atoms with Crippen molar-refractivity contribution in [2.75, 3.05) is 11.5 Å². The van der Waals surface area contributed by atoms with Crippen LogP contribution in [0.1, 0.15) is 69.8 Å². The molecule has 0 unspecified atom stereocenters. The summed E-state index contributed by atoms with van der Waals surface area (Å²) in [6.45, 7) is 0. The van der Waals surface area contributed by atoms with Gasteiger partial charge < -0.3 is 5.11 Å². The lowest BCUT2D eigenvalue weighted by molar-refractivity contribution is -0.137. The number of rotatable bonds is 13. The number of carbonyl (C=O) groups is 1. The summed E-state index contributed by atoms with van der Waals surface area (Å²) < 4.78 is 0. The Labute approximate surface area is 175 Å². The summed E-state index contributed by atoms with van der Waals surface area (Å²) in [6, 6.07) is 10.6. The summed E-state index contributed by atoms with van der Waals surface area (Å²) in [5.74, 6) is 5.68. The molecule has 0 spiro atoms. The number of carboxylic acids is 1. The quantitative estimate of drug-likeness (QED) is 0.365. The lowest BCUT2D eigenvalue weighted by Crippen LogP contribution is -2.23. The molecule has 1 aromatic carbocycles. The number of hydrogen-bond acceptors (Lipinski definition) is 2. The van der Waals surface area contributed by atoms with Gasteiger partial charge in [0.1, 0.15) is 0 Å². The van der Waals surface area contributed by atoms with Gasteiger partial charge in [-0.25, -0.2) is 0 Å². The van der Waals surface area contributed by atoms with Crippen molar-refractivity contribution in [1.29, 1.82) is 0 Å². The van der Waals surface area contributed by atoms with E-state index in [1.165, 1.54) is 56.3 Å². The molecule has 1 aromatic rings. The van der Waals surface area contributed by atoms with Gasteiger partial charge in [0, 0.05) is 12.2 Å². The second-order valence-electron chi connectivity index (χ2n) is 8.68. The zero-order chi connectivity index (χ0) is 19.6. The molecule has 0 saturated heterocycles.